The first-order chi connectivity index (χ1) is 36.7. The molecule has 4 rings (SSSR count). The second-order valence-electron chi connectivity index (χ2n) is 19.8. The number of nitrogens with one attached hydrogen (secondary N) is 2. The van der Waals surface area contributed by atoms with Crippen molar-refractivity contribution in [1.29, 1.82) is 0 Å². The van der Waals surface area contributed by atoms with Gasteiger partial charge < -0.3 is 70.6 Å². The number of imidazole rings is 1. The van der Waals surface area contributed by atoms with Gasteiger partial charge in [-0.2, -0.15) is 4.31 Å². The van der Waals surface area contributed by atoms with Crippen molar-refractivity contribution in [2.24, 2.45) is 5.41 Å². The summed E-state index contributed by atoms with van der Waals surface area (Å²) in [4.78, 5) is 101. The largest absolute Gasteiger partial charge is 0.481 e. The van der Waals surface area contributed by atoms with Crippen LogP contribution in [0.4, 0.5) is 5.82 Å². The average molecular weight is 1190 g/mol. The average Bonchev–Trinajstić information content (AvgIpc) is 3.94. The zero-order valence-corrected chi connectivity index (χ0v) is 47.5. The van der Waals surface area contributed by atoms with Crippen LogP contribution in [-0.4, -0.2) is 170 Å². The van der Waals surface area contributed by atoms with Crippen LogP contribution in [0.2, 0.25) is 0 Å². The van der Waals surface area contributed by atoms with Crippen molar-refractivity contribution < 1.29 is 105 Å². The van der Waals surface area contributed by atoms with Crippen molar-refractivity contribution in [1.82, 2.24) is 30.2 Å². The van der Waals surface area contributed by atoms with E-state index < -0.39 is 103 Å². The zero-order chi connectivity index (χ0) is 57.7. The molecular weight excluding hydrogens is 1120 g/mol. The molecule has 0 spiro atoms. The summed E-state index contributed by atoms with van der Waals surface area (Å²) in [6, 6.07) is 0. The molecule has 446 valence electrons. The molecule has 2 saturated heterocycles. The monoisotopic (exact) mass is 1190 g/mol. The van der Waals surface area contributed by atoms with E-state index in [1.54, 1.807) is 6.92 Å². The molecule has 29 nitrogen and oxygen atoms in total. The lowest BCUT2D eigenvalue weighted by molar-refractivity contribution is -0.261. The topological polar surface area (TPSA) is 440 Å². The number of hydrogen-bond donors (Lipinski definition) is 11. The number of nitrogen functional groups attached to an aromatic ring is 1. The molecular formula is C45H78N7O22P3S. The minimum Gasteiger partial charge on any atom is -0.390 e. The SMILES string of the molecule is C[C@@H]1O[C@@H](OCCCCCCCCCCCCCCCC(=O)CC(=O)SCCNC(=O)CCNC(=O)[C@H](O)C(C)(C)COP(=O)(O)OP(=O)(O)OC[C@H]2O[C@@H](n3cnc4c(N)ncnc43)[C@H](O)[C@@H]2OP(=O)(O)O)[C@H](O)C[C@H]1O. The van der Waals surface area contributed by atoms with E-state index >= 15 is 0 Å². The fourth-order valence-electron chi connectivity index (χ4n) is 8.26. The van der Waals surface area contributed by atoms with Crippen LogP contribution in [0.15, 0.2) is 12.7 Å². The number of aromatic nitrogens is 4. The lowest BCUT2D eigenvalue weighted by atomic mass is 9.87. The number of ether oxygens (including phenoxy) is 3. The number of phosphoric ester groups is 3. The van der Waals surface area contributed by atoms with Crippen molar-refractivity contribution in [3.8, 4) is 0 Å². The summed E-state index contributed by atoms with van der Waals surface area (Å²) in [7, 11) is -16.5. The summed E-state index contributed by atoms with van der Waals surface area (Å²) < 4.78 is 73.7. The van der Waals surface area contributed by atoms with Crippen LogP contribution in [0.5, 0.6) is 0 Å². The summed E-state index contributed by atoms with van der Waals surface area (Å²) >= 11 is 0.923. The molecule has 0 radical (unpaired) electrons. The first-order valence-corrected chi connectivity index (χ1v) is 31.4. The van der Waals surface area contributed by atoms with Gasteiger partial charge in [-0.15, -0.1) is 0 Å². The van der Waals surface area contributed by atoms with Gasteiger partial charge in [0.1, 0.15) is 48.1 Å². The van der Waals surface area contributed by atoms with Crippen LogP contribution in [-0.2, 0) is 65.0 Å². The van der Waals surface area contributed by atoms with Crippen LogP contribution in [0, 0.1) is 5.41 Å². The van der Waals surface area contributed by atoms with Crippen LogP contribution in [0.25, 0.3) is 11.2 Å². The predicted octanol–water partition coefficient (Wildman–Crippen LogP) is 2.96. The molecule has 2 aliphatic rings. The number of fused-ring (bicyclic) bond motifs is 1. The van der Waals surface area contributed by atoms with Crippen molar-refractivity contribution in [3.05, 3.63) is 12.7 Å². The number of ketones is 1. The molecule has 78 heavy (non-hydrogen) atoms. The van der Waals surface area contributed by atoms with Gasteiger partial charge in [0.25, 0.3) is 0 Å². The highest BCUT2D eigenvalue weighted by atomic mass is 32.2. The fourth-order valence-corrected chi connectivity index (χ4v) is 11.8. The second-order valence-corrected chi connectivity index (χ2v) is 25.2. The van der Waals surface area contributed by atoms with Gasteiger partial charge in [-0.1, -0.05) is 96.2 Å². The quantitative estimate of drug-likeness (QED) is 0.0261. The highest BCUT2D eigenvalue weighted by Gasteiger charge is 2.50. The summed E-state index contributed by atoms with van der Waals surface area (Å²) in [6.07, 6.45) is 4.81. The third-order valence-corrected chi connectivity index (χ3v) is 16.7. The third kappa shape index (κ3) is 23.9. The smallest absolute Gasteiger partial charge is 0.390 e. The third-order valence-electron chi connectivity index (χ3n) is 12.7. The van der Waals surface area contributed by atoms with Gasteiger partial charge in [-0.05, 0) is 19.8 Å². The number of nitrogens with zero attached hydrogens (tertiary/aromatic N) is 4. The number of aliphatic hydroxyl groups is 4. The predicted molar refractivity (Wildman–Crippen MR) is 278 cm³/mol. The molecule has 2 unspecified atom stereocenters. The lowest BCUT2D eigenvalue weighted by Gasteiger charge is -2.35. The number of carbonyl (C=O) groups is 4. The molecule has 4 heterocycles. The minimum absolute atomic E-state index is 0.0213. The van der Waals surface area contributed by atoms with Gasteiger partial charge in [-0.25, -0.2) is 28.6 Å². The molecule has 12 N–H and O–H groups in total. The van der Waals surface area contributed by atoms with E-state index in [9.17, 15) is 72.9 Å². The number of thioether (sulfide) groups is 1. The number of unbranched alkanes of at least 4 members (excludes halogenated alkanes) is 12. The Labute approximate surface area is 456 Å². The lowest BCUT2D eigenvalue weighted by Crippen LogP contribution is -2.47. The van der Waals surface area contributed by atoms with Crippen LogP contribution < -0.4 is 16.4 Å². The minimum atomic E-state index is -5.60. The molecule has 2 aromatic heterocycles. The number of amides is 2. The number of aliphatic hydroxyl groups excluding tert-OH is 4. The molecule has 33 heteroatoms. The van der Waals surface area contributed by atoms with Gasteiger partial charge >= 0.3 is 23.5 Å². The Balaban J connectivity index is 0.995. The number of nitrogens with two attached hydrogens (primary N) is 1. The molecule has 2 aliphatic heterocycles. The summed E-state index contributed by atoms with van der Waals surface area (Å²) in [5.74, 6) is -1.47. The van der Waals surface area contributed by atoms with E-state index in [1.807, 2.05) is 0 Å². The maximum atomic E-state index is 12.8. The second kappa shape index (κ2) is 32.6. The van der Waals surface area contributed by atoms with Gasteiger partial charge in [-0.3, -0.25) is 37.3 Å². The Bertz CT molecular complexity index is 2370. The molecule has 0 aromatic carbocycles. The number of carbonyl (C=O) groups excluding carboxylic acids is 4. The summed E-state index contributed by atoms with van der Waals surface area (Å²) in [5.41, 5.74) is 4.23. The standard InChI is InChI=1S/C45H78N7O22P3S/c1-29-31(54)24-32(55)44(71-29)68-21-16-14-12-10-8-6-4-5-7-9-11-13-15-17-30(53)23-35(57)78-22-20-47-34(56)18-19-48-42(60)39(59)45(2,3)26-70-77(66,67)74-76(64,65)69-25-33-38(73-75(61,62)63)37(58)43(72-33)52-28-51-36-40(46)49-27-50-41(36)52/h27-29,31-33,37-39,43-44,54-55,58-59H,4-26H2,1-3H3,(H,47,56)(H,48,60)(H,64,65)(H,66,67)(H2,46,49,50)(H2,61,62,63)/t29-,31+,32+,33+,37+,38+,39-,43+,44+/m0/s1. The van der Waals surface area contributed by atoms with E-state index in [4.69, 9.17) is 29.0 Å². The molecule has 0 saturated carbocycles. The number of hydrogen-bond acceptors (Lipinski definition) is 23. The highest BCUT2D eigenvalue weighted by Crippen LogP contribution is 2.61. The Morgan fingerprint density at radius 1 is 0.833 bits per heavy atom. The first kappa shape index (κ1) is 67.6. The van der Waals surface area contributed by atoms with E-state index in [0.717, 1.165) is 80.4 Å². The van der Waals surface area contributed by atoms with Crippen molar-refractivity contribution in [2.45, 2.75) is 185 Å². The van der Waals surface area contributed by atoms with E-state index in [0.29, 0.717) is 13.0 Å². The number of anilines is 1. The molecule has 0 aliphatic carbocycles. The van der Waals surface area contributed by atoms with Gasteiger partial charge in [0, 0.05) is 50.1 Å². The Hall–Kier alpha value is -2.93. The van der Waals surface area contributed by atoms with Gasteiger partial charge in [0.2, 0.25) is 11.8 Å². The summed E-state index contributed by atoms with van der Waals surface area (Å²) in [5, 5.41) is 46.0. The Morgan fingerprint density at radius 2 is 1.45 bits per heavy atom. The molecule has 2 fully saturated rings. The Morgan fingerprint density at radius 3 is 2.09 bits per heavy atom. The van der Waals surface area contributed by atoms with Crippen molar-refractivity contribution in [2.75, 3.05) is 44.4 Å². The van der Waals surface area contributed by atoms with Crippen molar-refractivity contribution in [3.63, 3.8) is 0 Å². The van der Waals surface area contributed by atoms with Gasteiger partial charge in [0.05, 0.1) is 38.2 Å². The maximum Gasteiger partial charge on any atom is 0.481 e. The Kier molecular flexibility index (Phi) is 28.3. The molecule has 2 amide bonds. The zero-order valence-electron chi connectivity index (χ0n) is 44.0. The number of Topliss-reactive ketones (excluding diaryl/α,β-unsaturated/α-hetero) is 1. The molecule has 11 atom stereocenters. The molecule has 2 aromatic rings. The van der Waals surface area contributed by atoms with E-state index in [1.165, 1.54) is 46.0 Å². The fraction of sp³-hybridized carbons (Fsp3) is 0.800. The van der Waals surface area contributed by atoms with Crippen molar-refractivity contribution >= 4 is 74.9 Å². The van der Waals surface area contributed by atoms with E-state index in [2.05, 4.69) is 34.4 Å². The normalized spacial score (nSPS) is 23.9. The first-order valence-electron chi connectivity index (χ1n) is 25.9. The molecule has 0 bridgehead atoms. The van der Waals surface area contributed by atoms with Crippen LogP contribution in [0.3, 0.4) is 0 Å². The summed E-state index contributed by atoms with van der Waals surface area (Å²) in [6.45, 7) is 2.58. The van der Waals surface area contributed by atoms with E-state index in [-0.39, 0.29) is 72.1 Å². The number of phosphoric acid groups is 3. The van der Waals surface area contributed by atoms with Crippen LogP contribution >= 0.6 is 35.2 Å². The highest BCUT2D eigenvalue weighted by molar-refractivity contribution is 8.13. The number of rotatable bonds is 38. The maximum absolute atomic E-state index is 12.8. The van der Waals surface area contributed by atoms with Crippen LogP contribution in [0.1, 0.15) is 136 Å². The van der Waals surface area contributed by atoms with Gasteiger partial charge in [0.15, 0.2) is 29.1 Å².